The molecule has 2 aromatic heterocycles. The van der Waals surface area contributed by atoms with Gasteiger partial charge in [-0.3, -0.25) is 0 Å². The second-order valence-corrected chi connectivity index (χ2v) is 11.3. The predicted octanol–water partition coefficient (Wildman–Crippen LogP) is 7.65. The van der Waals surface area contributed by atoms with Gasteiger partial charge in [0.1, 0.15) is 11.5 Å². The topological polar surface area (TPSA) is 118 Å². The number of rotatable bonds is 12. The standard InChI is InChI=1S/C33H37ClN8O2/c1-43-24-12-10-23(11-13-24)38-33-41-31(40-32(42-33)37-22-7-4-3-5-8-22)36-18-6-17-35-30-26-15-9-21(34)19-29(26)39-28-16-14-25(44-2)20-27(28)30/h9-16,19-20,22H,3-8,17-18H2,1-2H3,(H,35,39)(H3,36,37,38,40,41,42). The van der Waals surface area contributed by atoms with Gasteiger partial charge in [-0.15, -0.1) is 0 Å². The third-order valence-corrected chi connectivity index (χ3v) is 8.04. The van der Waals surface area contributed by atoms with Crippen LogP contribution >= 0.6 is 11.6 Å². The van der Waals surface area contributed by atoms with Crippen molar-refractivity contribution in [1.29, 1.82) is 0 Å². The van der Waals surface area contributed by atoms with E-state index >= 15 is 0 Å². The highest BCUT2D eigenvalue weighted by Gasteiger charge is 2.16. The number of hydrogen-bond acceptors (Lipinski definition) is 10. The Labute approximate surface area is 262 Å². The number of fused-ring (bicyclic) bond motifs is 2. The molecule has 2 heterocycles. The molecular weight excluding hydrogens is 576 g/mol. The number of benzene rings is 3. The minimum absolute atomic E-state index is 0.371. The highest BCUT2D eigenvalue weighted by Crippen LogP contribution is 2.34. The maximum atomic E-state index is 6.29. The summed E-state index contributed by atoms with van der Waals surface area (Å²) in [6.45, 7) is 1.38. The minimum atomic E-state index is 0.371. The van der Waals surface area contributed by atoms with E-state index in [0.29, 0.717) is 35.5 Å². The molecule has 1 fully saturated rings. The fourth-order valence-electron chi connectivity index (χ4n) is 5.52. The quantitative estimate of drug-likeness (QED) is 0.0826. The fourth-order valence-corrected chi connectivity index (χ4v) is 5.69. The van der Waals surface area contributed by atoms with E-state index in [4.69, 9.17) is 31.0 Å². The summed E-state index contributed by atoms with van der Waals surface area (Å²) in [5.74, 6) is 3.15. The summed E-state index contributed by atoms with van der Waals surface area (Å²) < 4.78 is 10.8. The average molecular weight is 613 g/mol. The first-order valence-electron chi connectivity index (χ1n) is 15.1. The summed E-state index contributed by atoms with van der Waals surface area (Å²) in [6.07, 6.45) is 6.79. The molecule has 44 heavy (non-hydrogen) atoms. The van der Waals surface area contributed by atoms with E-state index in [2.05, 4.69) is 31.2 Å². The zero-order valence-electron chi connectivity index (χ0n) is 25.0. The number of anilines is 5. The molecule has 11 heteroatoms. The van der Waals surface area contributed by atoms with Gasteiger partial charge in [-0.1, -0.05) is 30.9 Å². The monoisotopic (exact) mass is 612 g/mol. The third kappa shape index (κ3) is 7.14. The van der Waals surface area contributed by atoms with Crippen LogP contribution in [-0.2, 0) is 0 Å². The molecule has 0 atom stereocenters. The van der Waals surface area contributed by atoms with Crippen molar-refractivity contribution >= 4 is 62.6 Å². The highest BCUT2D eigenvalue weighted by atomic mass is 35.5. The van der Waals surface area contributed by atoms with Gasteiger partial charge >= 0.3 is 0 Å². The molecule has 0 aliphatic heterocycles. The number of nitrogens with one attached hydrogen (secondary N) is 4. The van der Waals surface area contributed by atoms with E-state index < -0.39 is 0 Å². The number of ether oxygens (including phenoxy) is 2. The van der Waals surface area contributed by atoms with Gasteiger partial charge in [0.25, 0.3) is 0 Å². The molecule has 5 aromatic rings. The van der Waals surface area contributed by atoms with Gasteiger partial charge < -0.3 is 30.7 Å². The molecule has 0 radical (unpaired) electrons. The van der Waals surface area contributed by atoms with Crippen molar-refractivity contribution in [2.75, 3.05) is 48.6 Å². The second-order valence-electron chi connectivity index (χ2n) is 10.9. The normalized spacial score (nSPS) is 13.5. The zero-order chi connectivity index (χ0) is 30.3. The van der Waals surface area contributed by atoms with Crippen LogP contribution in [0.15, 0.2) is 60.7 Å². The van der Waals surface area contributed by atoms with E-state index in [-0.39, 0.29) is 0 Å². The van der Waals surface area contributed by atoms with Crippen molar-refractivity contribution in [2.45, 2.75) is 44.6 Å². The lowest BCUT2D eigenvalue weighted by atomic mass is 9.96. The van der Waals surface area contributed by atoms with Gasteiger partial charge in [0, 0.05) is 40.6 Å². The average Bonchev–Trinajstić information content (AvgIpc) is 3.04. The lowest BCUT2D eigenvalue weighted by molar-refractivity contribution is 0.415. The molecule has 10 nitrogen and oxygen atoms in total. The van der Waals surface area contributed by atoms with Gasteiger partial charge in [0.2, 0.25) is 17.8 Å². The third-order valence-electron chi connectivity index (χ3n) is 7.80. The zero-order valence-corrected chi connectivity index (χ0v) is 25.7. The Hall–Kier alpha value is -4.57. The Kier molecular flexibility index (Phi) is 9.26. The highest BCUT2D eigenvalue weighted by molar-refractivity contribution is 6.31. The smallest absolute Gasteiger partial charge is 0.233 e. The van der Waals surface area contributed by atoms with Crippen molar-refractivity contribution in [2.24, 2.45) is 0 Å². The molecule has 0 spiro atoms. The van der Waals surface area contributed by atoms with Crippen LogP contribution in [0.4, 0.5) is 29.2 Å². The predicted molar refractivity (Wildman–Crippen MR) is 179 cm³/mol. The second kappa shape index (κ2) is 13.8. The van der Waals surface area contributed by atoms with Gasteiger partial charge in [0.05, 0.1) is 30.9 Å². The maximum Gasteiger partial charge on any atom is 0.233 e. The van der Waals surface area contributed by atoms with Crippen molar-refractivity contribution in [3.8, 4) is 11.5 Å². The van der Waals surface area contributed by atoms with Crippen LogP contribution in [0.25, 0.3) is 21.8 Å². The molecule has 1 aliphatic carbocycles. The van der Waals surface area contributed by atoms with E-state index in [1.54, 1.807) is 14.2 Å². The van der Waals surface area contributed by atoms with E-state index in [9.17, 15) is 0 Å². The Morgan fingerprint density at radius 1 is 0.705 bits per heavy atom. The molecule has 228 valence electrons. The molecule has 1 saturated carbocycles. The van der Waals surface area contributed by atoms with Crippen LogP contribution in [0.5, 0.6) is 11.5 Å². The summed E-state index contributed by atoms with van der Waals surface area (Å²) in [7, 11) is 3.32. The molecule has 6 rings (SSSR count). The Morgan fingerprint density at radius 2 is 1.43 bits per heavy atom. The summed E-state index contributed by atoms with van der Waals surface area (Å²) in [4.78, 5) is 18.9. The molecule has 0 saturated heterocycles. The Bertz CT molecular complexity index is 1730. The van der Waals surface area contributed by atoms with Crippen LogP contribution in [0.1, 0.15) is 38.5 Å². The van der Waals surface area contributed by atoms with Gasteiger partial charge in [-0.25, -0.2) is 4.98 Å². The summed E-state index contributed by atoms with van der Waals surface area (Å²) in [6, 6.07) is 19.7. The Morgan fingerprint density at radius 3 is 2.23 bits per heavy atom. The first-order chi connectivity index (χ1) is 21.6. The van der Waals surface area contributed by atoms with Crippen LogP contribution < -0.4 is 30.7 Å². The largest absolute Gasteiger partial charge is 0.497 e. The van der Waals surface area contributed by atoms with Crippen LogP contribution in [-0.4, -0.2) is 53.3 Å². The first-order valence-corrected chi connectivity index (χ1v) is 15.4. The van der Waals surface area contributed by atoms with Crippen LogP contribution in [0.2, 0.25) is 5.02 Å². The number of aromatic nitrogens is 4. The molecule has 0 amide bonds. The lowest BCUT2D eigenvalue weighted by Gasteiger charge is -2.23. The van der Waals surface area contributed by atoms with Gasteiger partial charge in [-0.05, 0) is 79.9 Å². The fraction of sp³-hybridized carbons (Fsp3) is 0.333. The molecule has 3 aromatic carbocycles. The van der Waals surface area contributed by atoms with Crippen molar-refractivity contribution in [3.05, 3.63) is 65.7 Å². The van der Waals surface area contributed by atoms with E-state index in [1.165, 1.54) is 19.3 Å². The van der Waals surface area contributed by atoms with E-state index in [0.717, 1.165) is 70.5 Å². The lowest BCUT2D eigenvalue weighted by Crippen LogP contribution is -2.24. The number of hydrogen-bond donors (Lipinski definition) is 4. The number of halogens is 1. The van der Waals surface area contributed by atoms with Crippen LogP contribution in [0, 0.1) is 0 Å². The summed E-state index contributed by atoms with van der Waals surface area (Å²) in [5, 5.41) is 16.5. The minimum Gasteiger partial charge on any atom is -0.497 e. The molecular formula is C33H37ClN8O2. The Balaban J connectivity index is 1.15. The van der Waals surface area contributed by atoms with Gasteiger partial charge in [-0.2, -0.15) is 15.0 Å². The number of nitrogens with zero attached hydrogens (tertiary/aromatic N) is 4. The van der Waals surface area contributed by atoms with E-state index in [1.807, 2.05) is 60.7 Å². The molecule has 0 bridgehead atoms. The molecule has 1 aliphatic rings. The number of methoxy groups -OCH3 is 2. The van der Waals surface area contributed by atoms with Gasteiger partial charge in [0.15, 0.2) is 0 Å². The molecule has 4 N–H and O–H groups in total. The first kappa shape index (κ1) is 29.5. The van der Waals surface area contributed by atoms with Crippen molar-refractivity contribution in [3.63, 3.8) is 0 Å². The summed E-state index contributed by atoms with van der Waals surface area (Å²) >= 11 is 6.29. The van der Waals surface area contributed by atoms with Crippen molar-refractivity contribution < 1.29 is 9.47 Å². The number of pyridine rings is 1. The SMILES string of the molecule is COc1ccc(Nc2nc(NCCCNc3c4ccc(Cl)cc4nc4ccc(OC)cc34)nc(NC3CCCCC3)n2)cc1. The van der Waals surface area contributed by atoms with Crippen LogP contribution in [0.3, 0.4) is 0 Å². The van der Waals surface area contributed by atoms with Crippen molar-refractivity contribution in [1.82, 2.24) is 19.9 Å². The maximum absolute atomic E-state index is 6.29. The molecule has 0 unspecified atom stereocenters. The summed E-state index contributed by atoms with van der Waals surface area (Å²) in [5.41, 5.74) is 3.59.